The molecule has 0 aliphatic carbocycles. The highest BCUT2D eigenvalue weighted by atomic mass is 16.6. The third-order valence-electron chi connectivity index (χ3n) is 5.24. The van der Waals surface area contributed by atoms with Crippen LogP contribution in [0.2, 0.25) is 0 Å². The maximum absolute atomic E-state index is 12.5. The Kier molecular flexibility index (Phi) is 8.00. The molecular weight excluding hydrogens is 526 g/mol. The summed E-state index contributed by atoms with van der Waals surface area (Å²) in [6.45, 7) is 0. The molecule has 0 aliphatic heterocycles. The van der Waals surface area contributed by atoms with E-state index < -0.39 is 27.6 Å². The van der Waals surface area contributed by atoms with E-state index in [-0.39, 0.29) is 39.6 Å². The number of hydrogen-bond donors (Lipinski definition) is 2. The van der Waals surface area contributed by atoms with Crippen LogP contribution in [0.3, 0.4) is 0 Å². The van der Waals surface area contributed by atoms with Gasteiger partial charge in [-0.3, -0.25) is 29.8 Å². The Morgan fingerprint density at radius 2 is 1.48 bits per heavy atom. The third kappa shape index (κ3) is 6.57. The molecule has 0 radical (unpaired) electrons. The lowest BCUT2D eigenvalue weighted by atomic mass is 10.2. The molecule has 0 saturated carbocycles. The van der Waals surface area contributed by atoms with Crippen LogP contribution < -0.4 is 15.5 Å². The molecule has 2 N–H and O–H groups in total. The van der Waals surface area contributed by atoms with Crippen molar-refractivity contribution in [3.05, 3.63) is 128 Å². The van der Waals surface area contributed by atoms with Gasteiger partial charge in [0.2, 0.25) is 0 Å². The fourth-order valence-corrected chi connectivity index (χ4v) is 3.25. The molecule has 14 heteroatoms. The van der Waals surface area contributed by atoms with Crippen molar-refractivity contribution in [2.75, 3.05) is 5.32 Å². The number of nitro groups is 2. The minimum atomic E-state index is -0.873. The van der Waals surface area contributed by atoms with Gasteiger partial charge in [0.15, 0.2) is 5.76 Å². The highest BCUT2D eigenvalue weighted by molar-refractivity contribution is 6.02. The highest BCUT2D eigenvalue weighted by Gasteiger charge is 2.16. The maximum Gasteiger partial charge on any atom is 0.343 e. The molecule has 0 fully saturated rings. The van der Waals surface area contributed by atoms with Gasteiger partial charge in [0, 0.05) is 41.1 Å². The first-order valence-corrected chi connectivity index (χ1v) is 11.2. The zero-order valence-electron chi connectivity index (χ0n) is 20.2. The summed E-state index contributed by atoms with van der Waals surface area (Å²) in [6.07, 6.45) is 2.42. The van der Waals surface area contributed by atoms with Crippen LogP contribution in [0.4, 0.5) is 17.1 Å². The molecule has 1 aromatic heterocycles. The van der Waals surface area contributed by atoms with Crippen LogP contribution in [0.25, 0.3) is 0 Å². The Balaban J connectivity index is 1.44. The summed E-state index contributed by atoms with van der Waals surface area (Å²) in [7, 11) is 0. The van der Waals surface area contributed by atoms with Crippen molar-refractivity contribution in [1.29, 1.82) is 0 Å². The summed E-state index contributed by atoms with van der Waals surface area (Å²) in [5, 5.41) is 28.4. The molecule has 0 atom stereocenters. The number of hydrogen-bond acceptors (Lipinski definition) is 10. The number of nitrogens with one attached hydrogen (secondary N) is 2. The van der Waals surface area contributed by atoms with Crippen molar-refractivity contribution < 1.29 is 33.4 Å². The second kappa shape index (κ2) is 11.9. The first-order valence-electron chi connectivity index (χ1n) is 11.2. The molecule has 0 aliphatic rings. The Morgan fingerprint density at radius 1 is 0.825 bits per heavy atom. The zero-order valence-corrected chi connectivity index (χ0v) is 20.2. The number of anilines is 1. The third-order valence-corrected chi connectivity index (χ3v) is 5.24. The second-order valence-corrected chi connectivity index (χ2v) is 7.88. The Hall–Kier alpha value is -6.18. The number of non-ortho nitro benzene ring substituents is 2. The van der Waals surface area contributed by atoms with E-state index in [1.807, 2.05) is 0 Å². The number of carbonyl (C=O) groups excluding carboxylic acids is 3. The number of esters is 1. The number of nitro benzene ring substituents is 2. The van der Waals surface area contributed by atoms with Gasteiger partial charge in [0.1, 0.15) is 5.75 Å². The molecule has 2 amide bonds. The minimum Gasteiger partial charge on any atom is -0.459 e. The zero-order chi connectivity index (χ0) is 28.6. The lowest BCUT2D eigenvalue weighted by molar-refractivity contribution is -0.385. The quantitative estimate of drug-likeness (QED) is 0.101. The van der Waals surface area contributed by atoms with Gasteiger partial charge in [0.05, 0.1) is 27.9 Å². The molecule has 14 nitrogen and oxygen atoms in total. The normalized spacial score (nSPS) is 10.6. The van der Waals surface area contributed by atoms with Crippen molar-refractivity contribution in [2.45, 2.75) is 0 Å². The molecule has 0 bridgehead atoms. The van der Waals surface area contributed by atoms with Gasteiger partial charge < -0.3 is 14.5 Å². The van der Waals surface area contributed by atoms with Gasteiger partial charge in [-0.15, -0.1) is 0 Å². The molecular formula is C26H17N5O9. The van der Waals surface area contributed by atoms with Crippen LogP contribution in [0.5, 0.6) is 5.75 Å². The monoisotopic (exact) mass is 543 g/mol. The number of amides is 2. The van der Waals surface area contributed by atoms with Crippen LogP contribution in [0, 0.1) is 20.2 Å². The van der Waals surface area contributed by atoms with Gasteiger partial charge in [0.25, 0.3) is 23.2 Å². The number of carbonyl (C=O) groups is 3. The second-order valence-electron chi connectivity index (χ2n) is 7.88. The van der Waals surface area contributed by atoms with E-state index in [1.54, 1.807) is 6.07 Å². The van der Waals surface area contributed by atoms with E-state index in [4.69, 9.17) is 9.15 Å². The van der Waals surface area contributed by atoms with E-state index >= 15 is 0 Å². The van der Waals surface area contributed by atoms with Gasteiger partial charge in [-0.25, -0.2) is 10.2 Å². The Labute approximate surface area is 224 Å². The predicted molar refractivity (Wildman–Crippen MR) is 139 cm³/mol. The van der Waals surface area contributed by atoms with Gasteiger partial charge >= 0.3 is 5.97 Å². The summed E-state index contributed by atoms with van der Waals surface area (Å²) in [5.41, 5.74) is 2.33. The molecule has 200 valence electrons. The number of ether oxygens (including phenoxy) is 1. The molecule has 0 unspecified atom stereocenters. The molecule has 4 aromatic rings. The fraction of sp³-hybridized carbons (Fsp3) is 0. The SMILES string of the molecule is O=C(N/N=C/c1cc([N+](=O)[O-])ccc1OC(=O)c1ccc([N+](=O)[O-])cc1)c1ccc(NC(=O)c2ccco2)cc1. The standard InChI is InChI=1S/C26H17N5O9/c32-24(16-3-7-19(8-4-16)28-25(33)23-2-1-13-39-23)29-27-15-18-14-21(31(37)38)11-12-22(18)40-26(34)17-5-9-20(10-6-17)30(35)36/h1-15H,(H,28,33)(H,29,32)/b27-15+. The van der Waals surface area contributed by atoms with Gasteiger partial charge in [-0.2, -0.15) is 5.10 Å². The van der Waals surface area contributed by atoms with Crippen molar-refractivity contribution in [2.24, 2.45) is 5.10 Å². The Morgan fingerprint density at radius 3 is 2.10 bits per heavy atom. The van der Waals surface area contributed by atoms with Crippen molar-refractivity contribution >= 4 is 41.1 Å². The van der Waals surface area contributed by atoms with Gasteiger partial charge in [-0.1, -0.05) is 0 Å². The molecule has 0 spiro atoms. The predicted octanol–water partition coefficient (Wildman–Crippen LogP) is 4.33. The molecule has 40 heavy (non-hydrogen) atoms. The number of rotatable bonds is 9. The van der Waals surface area contributed by atoms with Crippen LogP contribution >= 0.6 is 0 Å². The van der Waals surface area contributed by atoms with Gasteiger partial charge in [-0.05, 0) is 54.6 Å². The van der Waals surface area contributed by atoms with E-state index in [2.05, 4.69) is 15.8 Å². The highest BCUT2D eigenvalue weighted by Crippen LogP contribution is 2.24. The van der Waals surface area contributed by atoms with Crippen molar-refractivity contribution in [1.82, 2.24) is 5.43 Å². The minimum absolute atomic E-state index is 0.000693. The summed E-state index contributed by atoms with van der Waals surface area (Å²) < 4.78 is 10.3. The fourth-order valence-electron chi connectivity index (χ4n) is 3.25. The number of benzene rings is 3. The summed E-state index contributed by atoms with van der Waals surface area (Å²) in [4.78, 5) is 57.8. The van der Waals surface area contributed by atoms with Crippen LogP contribution in [-0.2, 0) is 0 Å². The van der Waals surface area contributed by atoms with Crippen molar-refractivity contribution in [3.8, 4) is 5.75 Å². The number of nitrogens with zero attached hydrogens (tertiary/aromatic N) is 3. The average Bonchev–Trinajstić information content (AvgIpc) is 3.49. The molecule has 4 rings (SSSR count). The smallest absolute Gasteiger partial charge is 0.343 e. The van der Waals surface area contributed by atoms with E-state index in [0.717, 1.165) is 30.5 Å². The molecule has 1 heterocycles. The van der Waals surface area contributed by atoms with Crippen LogP contribution in [-0.4, -0.2) is 33.8 Å². The largest absolute Gasteiger partial charge is 0.459 e. The molecule has 3 aromatic carbocycles. The Bertz CT molecular complexity index is 1610. The maximum atomic E-state index is 12.5. The van der Waals surface area contributed by atoms with Crippen molar-refractivity contribution in [3.63, 3.8) is 0 Å². The number of furan rings is 1. The average molecular weight is 543 g/mol. The first-order chi connectivity index (χ1) is 19.2. The molecule has 0 saturated heterocycles. The van der Waals surface area contributed by atoms with Crippen LogP contribution in [0.15, 0.2) is 94.6 Å². The number of hydrazone groups is 1. The van der Waals surface area contributed by atoms with E-state index in [9.17, 15) is 34.6 Å². The van der Waals surface area contributed by atoms with E-state index in [0.29, 0.717) is 5.69 Å². The first kappa shape index (κ1) is 26.9. The lowest BCUT2D eigenvalue weighted by Crippen LogP contribution is -2.18. The summed E-state index contributed by atoms with van der Waals surface area (Å²) in [5.74, 6) is -1.95. The summed E-state index contributed by atoms with van der Waals surface area (Å²) >= 11 is 0. The topological polar surface area (TPSA) is 196 Å². The van der Waals surface area contributed by atoms with E-state index in [1.165, 1.54) is 54.8 Å². The van der Waals surface area contributed by atoms with Crippen LogP contribution in [0.1, 0.15) is 36.8 Å². The summed E-state index contributed by atoms with van der Waals surface area (Å²) in [6, 6.07) is 17.0. The lowest BCUT2D eigenvalue weighted by Gasteiger charge is -2.08.